The predicted molar refractivity (Wildman–Crippen MR) is 118 cm³/mol. The number of aromatic nitrogens is 1. The third-order valence-electron chi connectivity index (χ3n) is 4.54. The molecule has 0 spiro atoms. The van der Waals surface area contributed by atoms with Gasteiger partial charge in [0.05, 0.1) is 6.54 Å². The first-order valence-electron chi connectivity index (χ1n) is 9.42. The average molecular weight is 444 g/mol. The molecule has 0 aliphatic rings. The minimum absolute atomic E-state index is 0.0250. The first kappa shape index (κ1) is 22.0. The molecule has 0 unspecified atom stereocenters. The van der Waals surface area contributed by atoms with E-state index in [1.807, 2.05) is 25.1 Å². The first-order chi connectivity index (χ1) is 14.4. The van der Waals surface area contributed by atoms with Crippen LogP contribution in [0.2, 0.25) is 5.02 Å². The summed E-state index contributed by atoms with van der Waals surface area (Å²) in [5.74, 6) is -0.419. The zero-order valence-corrected chi connectivity index (χ0v) is 18.0. The summed E-state index contributed by atoms with van der Waals surface area (Å²) < 4.78 is 27.5. The monoisotopic (exact) mass is 443 g/mol. The number of pyridine rings is 1. The standard InChI is InChI=1S/C22H22ClN3O3S/c1-2-18-6-3-4-8-21(18)25-22(27)16-26(15-17-9-11-19(23)12-10-17)30(28,29)20-7-5-13-24-14-20/h3-14H,2,15-16H2,1H3,(H,25,27). The van der Waals surface area contributed by atoms with E-state index >= 15 is 0 Å². The molecule has 1 heterocycles. The molecule has 0 aliphatic carbocycles. The van der Waals surface area contributed by atoms with E-state index in [0.29, 0.717) is 16.3 Å². The lowest BCUT2D eigenvalue weighted by molar-refractivity contribution is -0.116. The van der Waals surface area contributed by atoms with E-state index in [1.165, 1.54) is 18.5 Å². The topological polar surface area (TPSA) is 79.4 Å². The number of sulfonamides is 1. The summed E-state index contributed by atoms with van der Waals surface area (Å²) in [5.41, 5.74) is 2.37. The van der Waals surface area contributed by atoms with Gasteiger partial charge in [-0.2, -0.15) is 4.31 Å². The maximum atomic E-state index is 13.2. The van der Waals surface area contributed by atoms with Crippen molar-refractivity contribution in [3.63, 3.8) is 0 Å². The summed E-state index contributed by atoms with van der Waals surface area (Å²) in [4.78, 5) is 16.7. The van der Waals surface area contributed by atoms with Gasteiger partial charge in [0.2, 0.25) is 15.9 Å². The van der Waals surface area contributed by atoms with Crippen LogP contribution in [0.3, 0.4) is 0 Å². The molecule has 0 saturated heterocycles. The molecule has 3 rings (SSSR count). The van der Waals surface area contributed by atoms with Crippen molar-refractivity contribution in [3.05, 3.63) is 89.2 Å². The van der Waals surface area contributed by atoms with Gasteiger partial charge in [0.25, 0.3) is 0 Å². The maximum absolute atomic E-state index is 13.2. The summed E-state index contributed by atoms with van der Waals surface area (Å²) in [5, 5.41) is 3.38. The molecule has 1 amide bonds. The normalized spacial score (nSPS) is 11.4. The van der Waals surface area contributed by atoms with Gasteiger partial charge in [0.1, 0.15) is 4.90 Å². The SMILES string of the molecule is CCc1ccccc1NC(=O)CN(Cc1ccc(Cl)cc1)S(=O)(=O)c1cccnc1. The van der Waals surface area contributed by atoms with Gasteiger partial charge < -0.3 is 5.32 Å². The van der Waals surface area contributed by atoms with Gasteiger partial charge in [-0.1, -0.05) is 48.9 Å². The fourth-order valence-electron chi connectivity index (χ4n) is 2.97. The lowest BCUT2D eigenvalue weighted by Crippen LogP contribution is -2.37. The number of hydrogen-bond acceptors (Lipinski definition) is 4. The van der Waals surface area contributed by atoms with Crippen LogP contribution in [0.5, 0.6) is 0 Å². The number of anilines is 1. The molecule has 156 valence electrons. The fraction of sp³-hybridized carbons (Fsp3) is 0.182. The second kappa shape index (κ2) is 9.84. The van der Waals surface area contributed by atoms with Crippen molar-refractivity contribution >= 4 is 33.2 Å². The number of carbonyl (C=O) groups excluding carboxylic acids is 1. The third-order valence-corrected chi connectivity index (χ3v) is 6.56. The van der Waals surface area contributed by atoms with Crippen molar-refractivity contribution in [3.8, 4) is 0 Å². The fourth-order valence-corrected chi connectivity index (χ4v) is 4.44. The van der Waals surface area contributed by atoms with E-state index in [1.54, 1.807) is 36.4 Å². The van der Waals surface area contributed by atoms with E-state index in [2.05, 4.69) is 10.3 Å². The van der Waals surface area contributed by atoms with Crippen LogP contribution < -0.4 is 5.32 Å². The van der Waals surface area contributed by atoms with Crippen LogP contribution in [0.4, 0.5) is 5.69 Å². The van der Waals surface area contributed by atoms with Crippen LogP contribution in [0.25, 0.3) is 0 Å². The third kappa shape index (κ3) is 5.44. The number of para-hydroxylation sites is 1. The molecular weight excluding hydrogens is 422 g/mol. The van der Waals surface area contributed by atoms with E-state index in [9.17, 15) is 13.2 Å². The Morgan fingerprint density at radius 1 is 1.07 bits per heavy atom. The molecule has 0 radical (unpaired) electrons. The van der Waals surface area contributed by atoms with E-state index in [-0.39, 0.29) is 18.0 Å². The second-order valence-corrected chi connectivity index (χ2v) is 9.02. The minimum Gasteiger partial charge on any atom is -0.325 e. The summed E-state index contributed by atoms with van der Waals surface area (Å²) >= 11 is 5.93. The highest BCUT2D eigenvalue weighted by Crippen LogP contribution is 2.20. The number of benzene rings is 2. The number of hydrogen-bond donors (Lipinski definition) is 1. The highest BCUT2D eigenvalue weighted by atomic mass is 35.5. The van der Waals surface area contributed by atoms with Crippen molar-refractivity contribution in [1.82, 2.24) is 9.29 Å². The molecule has 0 bridgehead atoms. The Balaban J connectivity index is 1.87. The van der Waals surface area contributed by atoms with Crippen molar-refractivity contribution in [2.45, 2.75) is 24.8 Å². The maximum Gasteiger partial charge on any atom is 0.245 e. The molecule has 0 aliphatic heterocycles. The number of amides is 1. The van der Waals surface area contributed by atoms with Crippen LogP contribution in [-0.4, -0.2) is 30.2 Å². The smallest absolute Gasteiger partial charge is 0.245 e. The lowest BCUT2D eigenvalue weighted by Gasteiger charge is -2.22. The molecule has 0 fully saturated rings. The van der Waals surface area contributed by atoms with Gasteiger partial charge in [-0.3, -0.25) is 9.78 Å². The molecule has 2 aromatic carbocycles. The van der Waals surface area contributed by atoms with Crippen LogP contribution in [0.1, 0.15) is 18.1 Å². The molecule has 1 N–H and O–H groups in total. The van der Waals surface area contributed by atoms with Gasteiger partial charge in [-0.25, -0.2) is 8.42 Å². The Morgan fingerprint density at radius 3 is 2.47 bits per heavy atom. The highest BCUT2D eigenvalue weighted by Gasteiger charge is 2.27. The molecule has 1 aromatic heterocycles. The summed E-state index contributed by atoms with van der Waals surface area (Å²) in [7, 11) is -3.94. The average Bonchev–Trinajstić information content (AvgIpc) is 2.75. The number of rotatable bonds is 8. The predicted octanol–water partition coefficient (Wildman–Crippen LogP) is 4.13. The lowest BCUT2D eigenvalue weighted by atomic mass is 10.1. The molecule has 0 saturated carbocycles. The number of nitrogens with zero attached hydrogens (tertiary/aromatic N) is 2. The van der Waals surface area contributed by atoms with Crippen LogP contribution >= 0.6 is 11.6 Å². The van der Waals surface area contributed by atoms with Crippen LogP contribution in [0.15, 0.2) is 78.0 Å². The first-order valence-corrected chi connectivity index (χ1v) is 11.2. The molecule has 6 nitrogen and oxygen atoms in total. The van der Waals surface area contributed by atoms with Crippen molar-refractivity contribution < 1.29 is 13.2 Å². The van der Waals surface area contributed by atoms with Crippen molar-refractivity contribution in [2.75, 3.05) is 11.9 Å². The van der Waals surface area contributed by atoms with Crippen molar-refractivity contribution in [2.24, 2.45) is 0 Å². The highest BCUT2D eigenvalue weighted by molar-refractivity contribution is 7.89. The number of halogens is 1. The Kier molecular flexibility index (Phi) is 7.20. The Morgan fingerprint density at radius 2 is 1.80 bits per heavy atom. The summed E-state index contributed by atoms with van der Waals surface area (Å²) in [6.45, 7) is 1.68. The molecule has 8 heteroatoms. The molecule has 3 aromatic rings. The van der Waals surface area contributed by atoms with E-state index in [0.717, 1.165) is 16.3 Å². The molecule has 0 atom stereocenters. The number of nitrogens with one attached hydrogen (secondary N) is 1. The quantitative estimate of drug-likeness (QED) is 0.567. The van der Waals surface area contributed by atoms with Gasteiger partial charge >= 0.3 is 0 Å². The minimum atomic E-state index is -3.94. The zero-order chi connectivity index (χ0) is 21.6. The zero-order valence-electron chi connectivity index (χ0n) is 16.5. The largest absolute Gasteiger partial charge is 0.325 e. The van der Waals surface area contributed by atoms with Gasteiger partial charge in [0, 0.05) is 29.6 Å². The van der Waals surface area contributed by atoms with Crippen LogP contribution in [-0.2, 0) is 27.8 Å². The Bertz CT molecular complexity index is 1100. The number of aryl methyl sites for hydroxylation is 1. The number of carbonyl (C=O) groups is 1. The summed E-state index contributed by atoms with van der Waals surface area (Å²) in [6.07, 6.45) is 3.52. The molecular formula is C22H22ClN3O3S. The van der Waals surface area contributed by atoms with Gasteiger partial charge in [-0.05, 0) is 47.9 Å². The van der Waals surface area contributed by atoms with Gasteiger partial charge in [-0.15, -0.1) is 0 Å². The second-order valence-electron chi connectivity index (χ2n) is 6.65. The van der Waals surface area contributed by atoms with E-state index < -0.39 is 15.9 Å². The van der Waals surface area contributed by atoms with Gasteiger partial charge in [0.15, 0.2) is 0 Å². The Hall–Kier alpha value is -2.74. The Labute approximate surface area is 181 Å². The molecule has 30 heavy (non-hydrogen) atoms. The summed E-state index contributed by atoms with van der Waals surface area (Å²) in [6, 6.07) is 17.3. The van der Waals surface area contributed by atoms with E-state index in [4.69, 9.17) is 11.6 Å². The van der Waals surface area contributed by atoms with Crippen molar-refractivity contribution in [1.29, 1.82) is 0 Å². The van der Waals surface area contributed by atoms with Crippen LogP contribution in [0, 0.1) is 0 Å².